The third-order valence-electron chi connectivity index (χ3n) is 4.78. The van der Waals surface area contributed by atoms with Gasteiger partial charge in [-0.05, 0) is 13.0 Å². The largest absolute Gasteiger partial charge is 0.367 e. The van der Waals surface area contributed by atoms with Crippen LogP contribution in [-0.2, 0) is 0 Å². The Bertz CT molecular complexity index is 228. The number of aliphatic hydroxyl groups excluding tert-OH is 1. The molecule has 0 unspecified atom stereocenters. The molecular formula is C21H46BrNO2. The minimum absolute atomic E-state index is 0. The highest BCUT2D eigenvalue weighted by molar-refractivity contribution is 8.93. The summed E-state index contributed by atoms with van der Waals surface area (Å²) < 4.78 is 0. The lowest BCUT2D eigenvalue weighted by atomic mass is 10.0. The van der Waals surface area contributed by atoms with E-state index >= 15 is 0 Å². The number of unbranched alkanes of at least 4 members (excludes halogenated alkanes) is 16. The Morgan fingerprint density at radius 1 is 0.560 bits per heavy atom. The second-order valence-electron chi connectivity index (χ2n) is 7.34. The van der Waals surface area contributed by atoms with Gasteiger partial charge in [0, 0.05) is 6.54 Å². The molecule has 4 heteroatoms. The zero-order valence-electron chi connectivity index (χ0n) is 16.8. The zero-order chi connectivity index (χ0) is 17.7. The Labute approximate surface area is 168 Å². The van der Waals surface area contributed by atoms with Crippen LogP contribution in [0.3, 0.4) is 0 Å². The molecule has 0 aliphatic rings. The van der Waals surface area contributed by atoms with Crippen LogP contribution >= 0.6 is 17.0 Å². The molecule has 0 aromatic rings. The maximum Gasteiger partial charge on any atom is 0.164 e. The van der Waals surface area contributed by atoms with Crippen LogP contribution < -0.4 is 5.32 Å². The summed E-state index contributed by atoms with van der Waals surface area (Å²) in [7, 11) is 0. The SMILES string of the molecule is Br.CCCCCCCCCCCCCCCCCCCNCC(O)O. The second-order valence-corrected chi connectivity index (χ2v) is 7.34. The number of hydrogen-bond donors (Lipinski definition) is 3. The molecule has 0 aliphatic carbocycles. The smallest absolute Gasteiger partial charge is 0.164 e. The molecule has 0 atom stereocenters. The summed E-state index contributed by atoms with van der Waals surface area (Å²) >= 11 is 0. The van der Waals surface area contributed by atoms with Crippen molar-refractivity contribution in [3.8, 4) is 0 Å². The van der Waals surface area contributed by atoms with Gasteiger partial charge in [0.25, 0.3) is 0 Å². The summed E-state index contributed by atoms with van der Waals surface area (Å²) in [6.45, 7) is 3.47. The first-order valence-electron chi connectivity index (χ1n) is 10.8. The van der Waals surface area contributed by atoms with Crippen molar-refractivity contribution in [2.75, 3.05) is 13.1 Å². The van der Waals surface area contributed by atoms with Crippen molar-refractivity contribution in [3.63, 3.8) is 0 Å². The van der Waals surface area contributed by atoms with Gasteiger partial charge in [0.15, 0.2) is 6.29 Å². The summed E-state index contributed by atoms with van der Waals surface area (Å²) in [6.07, 6.45) is 22.4. The minimum Gasteiger partial charge on any atom is -0.367 e. The summed E-state index contributed by atoms with van der Waals surface area (Å²) in [5.41, 5.74) is 0. The molecule has 0 amide bonds. The third-order valence-corrected chi connectivity index (χ3v) is 4.78. The first kappa shape index (κ1) is 27.6. The van der Waals surface area contributed by atoms with Gasteiger partial charge in [0.2, 0.25) is 0 Å². The Kier molecular flexibility index (Phi) is 26.9. The molecule has 25 heavy (non-hydrogen) atoms. The number of nitrogens with one attached hydrogen (secondary N) is 1. The Balaban J connectivity index is 0. The van der Waals surface area contributed by atoms with E-state index in [0.717, 1.165) is 13.0 Å². The fourth-order valence-corrected chi connectivity index (χ4v) is 3.21. The highest BCUT2D eigenvalue weighted by atomic mass is 79.9. The van der Waals surface area contributed by atoms with Gasteiger partial charge in [0.1, 0.15) is 0 Å². The van der Waals surface area contributed by atoms with E-state index in [1.807, 2.05) is 0 Å². The Hall–Kier alpha value is 0.360. The molecule has 0 aromatic heterocycles. The van der Waals surface area contributed by atoms with Crippen molar-refractivity contribution in [2.45, 2.75) is 122 Å². The molecular weight excluding hydrogens is 378 g/mol. The predicted molar refractivity (Wildman–Crippen MR) is 116 cm³/mol. The maximum atomic E-state index is 8.69. The van der Waals surface area contributed by atoms with Gasteiger partial charge in [0.05, 0.1) is 0 Å². The van der Waals surface area contributed by atoms with Crippen LogP contribution in [0.2, 0.25) is 0 Å². The van der Waals surface area contributed by atoms with Crippen molar-refractivity contribution < 1.29 is 10.2 Å². The molecule has 0 heterocycles. The average molecular weight is 425 g/mol. The molecule has 0 radical (unpaired) electrons. The lowest BCUT2D eigenvalue weighted by Crippen LogP contribution is -2.26. The van der Waals surface area contributed by atoms with E-state index in [4.69, 9.17) is 10.2 Å². The lowest BCUT2D eigenvalue weighted by Gasteiger charge is -2.06. The highest BCUT2D eigenvalue weighted by Crippen LogP contribution is 2.13. The quantitative estimate of drug-likeness (QED) is 0.163. The van der Waals surface area contributed by atoms with Crippen molar-refractivity contribution in [1.82, 2.24) is 5.32 Å². The number of aliphatic hydroxyl groups is 2. The Morgan fingerprint density at radius 3 is 1.20 bits per heavy atom. The highest BCUT2D eigenvalue weighted by Gasteiger charge is 1.96. The van der Waals surface area contributed by atoms with Crippen molar-refractivity contribution in [1.29, 1.82) is 0 Å². The van der Waals surface area contributed by atoms with Crippen LogP contribution in [0.1, 0.15) is 116 Å². The average Bonchev–Trinajstić information content (AvgIpc) is 2.56. The number of hydrogen-bond acceptors (Lipinski definition) is 3. The minimum atomic E-state index is -1.21. The molecule has 3 nitrogen and oxygen atoms in total. The molecule has 154 valence electrons. The summed E-state index contributed by atoms with van der Waals surface area (Å²) in [4.78, 5) is 0. The molecule has 3 N–H and O–H groups in total. The van der Waals surface area contributed by atoms with Gasteiger partial charge in [-0.2, -0.15) is 0 Å². The van der Waals surface area contributed by atoms with Crippen LogP contribution in [0.4, 0.5) is 0 Å². The van der Waals surface area contributed by atoms with Gasteiger partial charge in [-0.15, -0.1) is 17.0 Å². The van der Waals surface area contributed by atoms with Crippen LogP contribution in [-0.4, -0.2) is 29.6 Å². The van der Waals surface area contributed by atoms with Gasteiger partial charge in [-0.3, -0.25) is 0 Å². The Morgan fingerprint density at radius 2 is 0.880 bits per heavy atom. The fourth-order valence-electron chi connectivity index (χ4n) is 3.21. The van der Waals surface area contributed by atoms with Gasteiger partial charge >= 0.3 is 0 Å². The van der Waals surface area contributed by atoms with Crippen molar-refractivity contribution in [2.24, 2.45) is 0 Å². The van der Waals surface area contributed by atoms with E-state index in [-0.39, 0.29) is 17.0 Å². The molecule has 0 saturated carbocycles. The molecule has 0 saturated heterocycles. The van der Waals surface area contributed by atoms with E-state index in [0.29, 0.717) is 6.54 Å². The second kappa shape index (κ2) is 24.4. The van der Waals surface area contributed by atoms with E-state index < -0.39 is 6.29 Å². The summed E-state index contributed by atoms with van der Waals surface area (Å²) in [6, 6.07) is 0. The third kappa shape index (κ3) is 26.7. The van der Waals surface area contributed by atoms with Crippen molar-refractivity contribution in [3.05, 3.63) is 0 Å². The summed E-state index contributed by atoms with van der Waals surface area (Å²) in [5.74, 6) is 0. The normalized spacial score (nSPS) is 11.0. The molecule has 0 aliphatic heterocycles. The van der Waals surface area contributed by atoms with E-state index in [9.17, 15) is 0 Å². The van der Waals surface area contributed by atoms with Crippen LogP contribution in [0.25, 0.3) is 0 Å². The lowest BCUT2D eigenvalue weighted by molar-refractivity contribution is -0.0370. The number of rotatable bonds is 20. The molecule has 0 spiro atoms. The first-order chi connectivity index (χ1) is 11.8. The first-order valence-corrected chi connectivity index (χ1v) is 10.8. The van der Waals surface area contributed by atoms with Crippen LogP contribution in [0.15, 0.2) is 0 Å². The van der Waals surface area contributed by atoms with E-state index in [2.05, 4.69) is 12.2 Å². The topological polar surface area (TPSA) is 52.5 Å². The summed E-state index contributed by atoms with van der Waals surface area (Å²) in [5, 5.41) is 20.4. The fraction of sp³-hybridized carbons (Fsp3) is 1.00. The maximum absolute atomic E-state index is 8.69. The zero-order valence-corrected chi connectivity index (χ0v) is 18.5. The standard InChI is InChI=1S/C21H45NO2.BrH/c1-2-3-4-5-6-7-8-9-10-11-12-13-14-15-16-17-18-19-22-20-21(23)24;/h21-24H,2-20H2,1H3;1H. The molecule has 0 bridgehead atoms. The van der Waals surface area contributed by atoms with Gasteiger partial charge in [-0.25, -0.2) is 0 Å². The van der Waals surface area contributed by atoms with Crippen LogP contribution in [0.5, 0.6) is 0 Å². The van der Waals surface area contributed by atoms with E-state index in [1.54, 1.807) is 0 Å². The van der Waals surface area contributed by atoms with E-state index in [1.165, 1.54) is 103 Å². The van der Waals surface area contributed by atoms with Crippen molar-refractivity contribution >= 4 is 17.0 Å². The van der Waals surface area contributed by atoms with Crippen LogP contribution in [0, 0.1) is 0 Å². The molecule has 0 rings (SSSR count). The predicted octanol–water partition coefficient (Wildman–Crippen LogP) is 6.12. The number of halogens is 1. The van der Waals surface area contributed by atoms with Gasteiger partial charge < -0.3 is 15.5 Å². The molecule has 0 fully saturated rings. The van der Waals surface area contributed by atoms with Gasteiger partial charge in [-0.1, -0.05) is 110 Å². The molecule has 0 aromatic carbocycles. The monoisotopic (exact) mass is 423 g/mol.